The summed E-state index contributed by atoms with van der Waals surface area (Å²) in [4.78, 5) is 16.5. The van der Waals surface area contributed by atoms with Crippen LogP contribution < -0.4 is 5.32 Å². The molecule has 20 heavy (non-hydrogen) atoms. The maximum atomic E-state index is 12.7. The Bertz CT molecular complexity index is 431. The van der Waals surface area contributed by atoms with Crippen molar-refractivity contribution in [3.63, 3.8) is 0 Å². The van der Waals surface area contributed by atoms with E-state index in [2.05, 4.69) is 27.7 Å². The summed E-state index contributed by atoms with van der Waals surface area (Å²) in [6, 6.07) is 4.22. The minimum absolute atomic E-state index is 0.175. The van der Waals surface area contributed by atoms with Gasteiger partial charge in [0.05, 0.1) is 0 Å². The summed E-state index contributed by atoms with van der Waals surface area (Å²) in [5.41, 5.74) is -0.175. The van der Waals surface area contributed by atoms with Gasteiger partial charge >= 0.3 is 0 Å². The van der Waals surface area contributed by atoms with Crippen LogP contribution in [0.1, 0.15) is 43.4 Å². The third-order valence-corrected chi connectivity index (χ3v) is 5.74. The van der Waals surface area contributed by atoms with Crippen LogP contribution in [0.4, 0.5) is 0 Å². The molecule has 0 unspecified atom stereocenters. The molecule has 0 aromatic carbocycles. The zero-order chi connectivity index (χ0) is 13.8. The molecule has 3 rings (SSSR count). The summed E-state index contributed by atoms with van der Waals surface area (Å²) >= 11 is 1.77. The molecule has 1 aliphatic carbocycles. The molecule has 1 aliphatic heterocycles. The minimum Gasteiger partial charge on any atom is -0.354 e. The number of likely N-dealkylation sites (tertiary alicyclic amines) is 1. The smallest absolute Gasteiger partial charge is 0.240 e. The lowest BCUT2D eigenvalue weighted by Crippen LogP contribution is -2.56. The zero-order valence-electron chi connectivity index (χ0n) is 12.1. The Morgan fingerprint density at radius 3 is 2.65 bits per heavy atom. The first-order valence-corrected chi connectivity index (χ1v) is 8.75. The molecule has 0 bridgehead atoms. The van der Waals surface area contributed by atoms with Crippen LogP contribution in [0, 0.1) is 0 Å². The quantitative estimate of drug-likeness (QED) is 0.905. The van der Waals surface area contributed by atoms with Gasteiger partial charge in [-0.05, 0) is 56.6 Å². The van der Waals surface area contributed by atoms with Crippen LogP contribution in [0.25, 0.3) is 0 Å². The molecular formula is C16H24N2OS. The van der Waals surface area contributed by atoms with Gasteiger partial charge in [0.2, 0.25) is 5.91 Å². The molecule has 1 amide bonds. The first-order chi connectivity index (χ1) is 9.81. The van der Waals surface area contributed by atoms with Crippen molar-refractivity contribution in [3.05, 3.63) is 22.4 Å². The van der Waals surface area contributed by atoms with Gasteiger partial charge in [0.15, 0.2) is 0 Å². The summed E-state index contributed by atoms with van der Waals surface area (Å²) in [6.07, 6.45) is 7.98. The molecule has 1 aromatic heterocycles. The van der Waals surface area contributed by atoms with E-state index in [1.54, 1.807) is 11.3 Å². The Labute approximate surface area is 125 Å². The van der Waals surface area contributed by atoms with Gasteiger partial charge in [0, 0.05) is 11.4 Å². The van der Waals surface area contributed by atoms with Gasteiger partial charge < -0.3 is 5.32 Å². The Hall–Kier alpha value is -0.870. The molecule has 0 atom stereocenters. The number of hydrogen-bond acceptors (Lipinski definition) is 3. The largest absolute Gasteiger partial charge is 0.354 e. The van der Waals surface area contributed by atoms with Crippen LogP contribution in [0.2, 0.25) is 0 Å². The number of rotatable bonds is 5. The highest BCUT2D eigenvalue weighted by molar-refractivity contribution is 7.09. The van der Waals surface area contributed by atoms with Crippen molar-refractivity contribution in [1.29, 1.82) is 0 Å². The predicted molar refractivity (Wildman–Crippen MR) is 83.0 cm³/mol. The van der Waals surface area contributed by atoms with E-state index in [9.17, 15) is 4.79 Å². The highest BCUT2D eigenvalue weighted by Gasteiger charge is 2.46. The fourth-order valence-corrected chi connectivity index (χ4v) is 4.42. The molecule has 3 nitrogen and oxygen atoms in total. The monoisotopic (exact) mass is 292 g/mol. The topological polar surface area (TPSA) is 32.3 Å². The molecular weight excluding hydrogens is 268 g/mol. The summed E-state index contributed by atoms with van der Waals surface area (Å²) in [6.45, 7) is 2.99. The summed E-state index contributed by atoms with van der Waals surface area (Å²) < 4.78 is 0. The molecule has 2 aliphatic rings. The number of carbonyl (C=O) groups is 1. The van der Waals surface area contributed by atoms with E-state index in [1.165, 1.54) is 30.6 Å². The van der Waals surface area contributed by atoms with Crippen LogP contribution in [0.5, 0.6) is 0 Å². The van der Waals surface area contributed by atoms with Crippen molar-refractivity contribution in [1.82, 2.24) is 10.2 Å². The minimum atomic E-state index is -0.175. The molecule has 4 heteroatoms. The van der Waals surface area contributed by atoms with Crippen LogP contribution in [-0.2, 0) is 11.2 Å². The van der Waals surface area contributed by atoms with Crippen molar-refractivity contribution in [2.45, 2.75) is 50.5 Å². The van der Waals surface area contributed by atoms with E-state index in [0.717, 1.165) is 38.9 Å². The lowest BCUT2D eigenvalue weighted by atomic mass is 9.94. The van der Waals surface area contributed by atoms with Gasteiger partial charge in [0.1, 0.15) is 5.54 Å². The molecule has 1 N–H and O–H groups in total. The van der Waals surface area contributed by atoms with E-state index in [-0.39, 0.29) is 11.4 Å². The second-order valence-corrected chi connectivity index (χ2v) is 7.05. The number of amides is 1. The number of carbonyl (C=O) groups excluding carboxylic acids is 1. The van der Waals surface area contributed by atoms with Crippen LogP contribution in [-0.4, -0.2) is 36.0 Å². The predicted octanol–water partition coefficient (Wildman–Crippen LogP) is 2.82. The third kappa shape index (κ3) is 2.77. The molecule has 2 heterocycles. The number of thiophene rings is 1. The van der Waals surface area contributed by atoms with E-state index in [1.807, 2.05) is 0 Å². The molecule has 1 saturated heterocycles. The maximum Gasteiger partial charge on any atom is 0.240 e. The molecule has 1 saturated carbocycles. The van der Waals surface area contributed by atoms with Crippen molar-refractivity contribution in [2.24, 2.45) is 0 Å². The summed E-state index contributed by atoms with van der Waals surface area (Å²) in [5.74, 6) is 0.286. The molecule has 110 valence electrons. The van der Waals surface area contributed by atoms with Crippen molar-refractivity contribution in [2.75, 3.05) is 19.6 Å². The van der Waals surface area contributed by atoms with Gasteiger partial charge in [0.25, 0.3) is 0 Å². The Balaban J connectivity index is 1.58. The first-order valence-electron chi connectivity index (χ1n) is 7.87. The summed E-state index contributed by atoms with van der Waals surface area (Å²) in [7, 11) is 0. The van der Waals surface area contributed by atoms with Gasteiger partial charge in [-0.2, -0.15) is 0 Å². The lowest BCUT2D eigenvalue weighted by molar-refractivity contribution is -0.132. The SMILES string of the molecule is O=C(NCCc1cccs1)C1(N2CCCC2)CCCC1. The average Bonchev–Trinajstić information content (AvgIpc) is 3.20. The van der Waals surface area contributed by atoms with Crippen molar-refractivity contribution < 1.29 is 4.79 Å². The van der Waals surface area contributed by atoms with E-state index < -0.39 is 0 Å². The van der Waals surface area contributed by atoms with Gasteiger partial charge in [-0.15, -0.1) is 11.3 Å². The number of nitrogens with one attached hydrogen (secondary N) is 1. The Morgan fingerprint density at radius 1 is 1.25 bits per heavy atom. The van der Waals surface area contributed by atoms with Crippen LogP contribution >= 0.6 is 11.3 Å². The fraction of sp³-hybridized carbons (Fsp3) is 0.688. The highest BCUT2D eigenvalue weighted by Crippen LogP contribution is 2.37. The van der Waals surface area contributed by atoms with Crippen molar-refractivity contribution in [3.8, 4) is 0 Å². The van der Waals surface area contributed by atoms with Crippen molar-refractivity contribution >= 4 is 17.2 Å². The van der Waals surface area contributed by atoms with Gasteiger partial charge in [-0.25, -0.2) is 0 Å². The maximum absolute atomic E-state index is 12.7. The zero-order valence-corrected chi connectivity index (χ0v) is 12.9. The number of nitrogens with zero attached hydrogens (tertiary/aromatic N) is 1. The third-order valence-electron chi connectivity index (χ3n) is 4.80. The average molecular weight is 292 g/mol. The van der Waals surface area contributed by atoms with E-state index in [4.69, 9.17) is 0 Å². The second-order valence-electron chi connectivity index (χ2n) is 6.02. The molecule has 0 spiro atoms. The normalized spacial score (nSPS) is 22.2. The van der Waals surface area contributed by atoms with Crippen LogP contribution in [0.15, 0.2) is 17.5 Å². The van der Waals surface area contributed by atoms with E-state index in [0.29, 0.717) is 0 Å². The highest BCUT2D eigenvalue weighted by atomic mass is 32.1. The lowest BCUT2D eigenvalue weighted by Gasteiger charge is -2.37. The first kappa shape index (κ1) is 14.1. The fourth-order valence-electron chi connectivity index (χ4n) is 3.71. The molecule has 0 radical (unpaired) electrons. The van der Waals surface area contributed by atoms with E-state index >= 15 is 0 Å². The Kier molecular flexibility index (Phi) is 4.41. The summed E-state index contributed by atoms with van der Waals surface area (Å²) in [5, 5.41) is 5.30. The number of hydrogen-bond donors (Lipinski definition) is 1. The Morgan fingerprint density at radius 2 is 2.00 bits per heavy atom. The molecule has 2 fully saturated rings. The van der Waals surface area contributed by atoms with Gasteiger partial charge in [-0.1, -0.05) is 18.9 Å². The van der Waals surface area contributed by atoms with Crippen LogP contribution in [0.3, 0.4) is 0 Å². The standard InChI is InChI=1S/C16H24N2OS/c19-15(17-10-7-14-6-5-13-20-14)16(8-1-2-9-16)18-11-3-4-12-18/h5-6,13H,1-4,7-12H2,(H,17,19). The van der Waals surface area contributed by atoms with Gasteiger partial charge in [-0.3, -0.25) is 9.69 Å². The molecule has 1 aromatic rings. The second kappa shape index (κ2) is 6.27.